The van der Waals surface area contributed by atoms with Gasteiger partial charge in [-0.15, -0.1) is 11.3 Å². The molecule has 8 nitrogen and oxygen atoms in total. The van der Waals surface area contributed by atoms with Crippen LogP contribution in [0.4, 0.5) is 4.79 Å². The molecule has 1 aliphatic carbocycles. The monoisotopic (exact) mass is 472 g/mol. The van der Waals surface area contributed by atoms with Gasteiger partial charge in [0.2, 0.25) is 5.91 Å². The van der Waals surface area contributed by atoms with Crippen molar-refractivity contribution in [1.29, 1.82) is 0 Å². The van der Waals surface area contributed by atoms with E-state index in [9.17, 15) is 14.4 Å². The maximum atomic E-state index is 13.7. The Morgan fingerprint density at radius 2 is 1.94 bits per heavy atom. The number of ether oxygens (including phenoxy) is 1. The molecule has 0 bridgehead atoms. The highest BCUT2D eigenvalue weighted by molar-refractivity contribution is 7.99. The fourth-order valence-electron chi connectivity index (χ4n) is 3.77. The number of nitrogens with zero attached hydrogens (tertiary/aromatic N) is 2. The van der Waals surface area contributed by atoms with E-state index in [-0.39, 0.29) is 11.3 Å². The minimum Gasteiger partial charge on any atom is -0.497 e. The Morgan fingerprint density at radius 3 is 2.66 bits per heavy atom. The molecule has 0 saturated carbocycles. The summed E-state index contributed by atoms with van der Waals surface area (Å²) in [4.78, 5) is 44.0. The number of benzene rings is 1. The molecule has 0 unspecified atom stereocenters. The van der Waals surface area contributed by atoms with E-state index < -0.39 is 11.9 Å². The van der Waals surface area contributed by atoms with Crippen LogP contribution in [0.15, 0.2) is 34.2 Å². The fourth-order valence-corrected chi connectivity index (χ4v) is 5.89. The van der Waals surface area contributed by atoms with E-state index in [1.54, 1.807) is 47.3 Å². The van der Waals surface area contributed by atoms with Crippen molar-refractivity contribution in [3.8, 4) is 11.4 Å². The van der Waals surface area contributed by atoms with Gasteiger partial charge in [0.05, 0.1) is 23.9 Å². The molecule has 0 spiro atoms. The Balaban J connectivity index is 1.80. The van der Waals surface area contributed by atoms with Crippen molar-refractivity contribution in [2.24, 2.45) is 0 Å². The zero-order valence-corrected chi connectivity index (χ0v) is 19.5. The summed E-state index contributed by atoms with van der Waals surface area (Å²) >= 11 is 2.70. The number of urea groups is 1. The summed E-state index contributed by atoms with van der Waals surface area (Å²) in [6.07, 6.45) is 5.20. The molecule has 0 atom stereocenters. The van der Waals surface area contributed by atoms with Gasteiger partial charge in [-0.3, -0.25) is 19.5 Å². The topological polar surface area (TPSA) is 102 Å². The molecule has 0 aliphatic heterocycles. The molecule has 4 rings (SSSR count). The molecule has 2 N–H and O–H groups in total. The van der Waals surface area contributed by atoms with Gasteiger partial charge in [0.1, 0.15) is 10.6 Å². The number of carbonyl (C=O) groups excluding carboxylic acids is 2. The van der Waals surface area contributed by atoms with Gasteiger partial charge in [-0.25, -0.2) is 9.78 Å². The Kier molecular flexibility index (Phi) is 6.80. The van der Waals surface area contributed by atoms with Gasteiger partial charge in [-0.2, -0.15) is 0 Å². The van der Waals surface area contributed by atoms with Crippen LogP contribution in [0.3, 0.4) is 0 Å². The summed E-state index contributed by atoms with van der Waals surface area (Å²) in [6.45, 7) is 0. The average Bonchev–Trinajstić information content (AvgIpc) is 2.99. The first-order chi connectivity index (χ1) is 15.5. The van der Waals surface area contributed by atoms with Crippen LogP contribution in [0.25, 0.3) is 15.9 Å². The Hall–Kier alpha value is -2.85. The second-order valence-electron chi connectivity index (χ2n) is 7.39. The average molecular weight is 473 g/mol. The summed E-state index contributed by atoms with van der Waals surface area (Å²) in [5, 5.41) is 5.68. The lowest BCUT2D eigenvalue weighted by Gasteiger charge is -2.13. The lowest BCUT2D eigenvalue weighted by Crippen LogP contribution is -2.38. The number of rotatable bonds is 5. The molecule has 0 fully saturated rings. The van der Waals surface area contributed by atoms with Crippen molar-refractivity contribution in [1.82, 2.24) is 20.2 Å². The van der Waals surface area contributed by atoms with E-state index in [1.807, 2.05) is 0 Å². The first kappa shape index (κ1) is 22.3. The summed E-state index contributed by atoms with van der Waals surface area (Å²) in [5.74, 6) is 0.165. The first-order valence-electron chi connectivity index (χ1n) is 10.4. The minimum absolute atomic E-state index is 0.0490. The number of aromatic nitrogens is 2. The van der Waals surface area contributed by atoms with Crippen LogP contribution < -0.4 is 20.9 Å². The van der Waals surface area contributed by atoms with Gasteiger partial charge < -0.3 is 10.1 Å². The highest BCUT2D eigenvalue weighted by Crippen LogP contribution is 2.34. The quantitative estimate of drug-likeness (QED) is 0.336. The summed E-state index contributed by atoms with van der Waals surface area (Å²) in [7, 11) is 3.02. The van der Waals surface area contributed by atoms with Gasteiger partial charge in [-0.05, 0) is 55.5 Å². The normalized spacial score (nSPS) is 13.3. The third-order valence-corrected chi connectivity index (χ3v) is 7.48. The van der Waals surface area contributed by atoms with E-state index in [0.29, 0.717) is 26.8 Å². The van der Waals surface area contributed by atoms with Crippen molar-refractivity contribution in [3.05, 3.63) is 45.1 Å². The van der Waals surface area contributed by atoms with Crippen LogP contribution in [0.1, 0.15) is 29.7 Å². The molecule has 1 aromatic carbocycles. The second-order valence-corrected chi connectivity index (χ2v) is 9.42. The van der Waals surface area contributed by atoms with E-state index in [4.69, 9.17) is 9.72 Å². The lowest BCUT2D eigenvalue weighted by atomic mass is 10.1. The molecular formula is C22H24N4O4S2. The number of hydrogen-bond donors (Lipinski definition) is 2. The van der Waals surface area contributed by atoms with E-state index in [1.165, 1.54) is 11.9 Å². The Bertz CT molecular complexity index is 1220. The number of thioether (sulfide) groups is 1. The van der Waals surface area contributed by atoms with E-state index >= 15 is 0 Å². The molecule has 10 heteroatoms. The SMILES string of the molecule is CNC(=O)NC(=O)CSc1nc2sc3c(c2c(=O)n1-c1ccc(OC)cc1)CCCCC3. The number of imide groups is 1. The maximum absolute atomic E-state index is 13.7. The van der Waals surface area contributed by atoms with Crippen LogP contribution in [0.2, 0.25) is 0 Å². The molecule has 3 aromatic rings. The number of fused-ring (bicyclic) bond motifs is 3. The van der Waals surface area contributed by atoms with Gasteiger partial charge in [0.15, 0.2) is 5.16 Å². The predicted molar refractivity (Wildman–Crippen MR) is 126 cm³/mol. The van der Waals surface area contributed by atoms with Crippen molar-refractivity contribution >= 4 is 45.3 Å². The zero-order chi connectivity index (χ0) is 22.7. The Labute approximate surface area is 193 Å². The highest BCUT2D eigenvalue weighted by atomic mass is 32.2. The van der Waals surface area contributed by atoms with E-state index in [0.717, 1.165) is 49.4 Å². The fraction of sp³-hybridized carbons (Fsp3) is 0.364. The second kappa shape index (κ2) is 9.74. The van der Waals surface area contributed by atoms with Gasteiger partial charge >= 0.3 is 6.03 Å². The molecular weight excluding hydrogens is 448 g/mol. The minimum atomic E-state index is -0.575. The predicted octanol–water partition coefficient (Wildman–Crippen LogP) is 3.27. The van der Waals surface area contributed by atoms with Gasteiger partial charge in [0, 0.05) is 11.9 Å². The number of amides is 3. The van der Waals surface area contributed by atoms with Crippen LogP contribution in [0, 0.1) is 0 Å². The zero-order valence-electron chi connectivity index (χ0n) is 17.9. The number of nitrogens with one attached hydrogen (secondary N) is 2. The molecule has 0 radical (unpaired) electrons. The molecule has 2 aromatic heterocycles. The molecule has 32 heavy (non-hydrogen) atoms. The van der Waals surface area contributed by atoms with Crippen LogP contribution >= 0.6 is 23.1 Å². The van der Waals surface area contributed by atoms with Crippen molar-refractivity contribution in [2.75, 3.05) is 19.9 Å². The molecule has 0 saturated heterocycles. The molecule has 168 valence electrons. The van der Waals surface area contributed by atoms with Gasteiger partial charge in [0.25, 0.3) is 5.56 Å². The Morgan fingerprint density at radius 1 is 1.19 bits per heavy atom. The molecule has 2 heterocycles. The summed E-state index contributed by atoms with van der Waals surface area (Å²) in [6, 6.07) is 6.59. The van der Waals surface area contributed by atoms with Crippen LogP contribution in [-0.4, -0.2) is 41.4 Å². The van der Waals surface area contributed by atoms with Crippen molar-refractivity contribution in [2.45, 2.75) is 37.3 Å². The van der Waals surface area contributed by atoms with E-state index in [2.05, 4.69) is 10.6 Å². The molecule has 3 amide bonds. The van der Waals surface area contributed by atoms with Crippen molar-refractivity contribution < 1.29 is 14.3 Å². The maximum Gasteiger partial charge on any atom is 0.321 e. The largest absolute Gasteiger partial charge is 0.497 e. The number of carbonyl (C=O) groups is 2. The number of hydrogen-bond acceptors (Lipinski definition) is 7. The highest BCUT2D eigenvalue weighted by Gasteiger charge is 2.23. The summed E-state index contributed by atoms with van der Waals surface area (Å²) < 4.78 is 6.79. The third kappa shape index (κ3) is 4.51. The standard InChI is InChI=1S/C22H24N4O4S2/c1-23-21(29)24-17(27)12-31-22-25-19-18(15-6-4-3-5-7-16(15)32-19)20(28)26(22)13-8-10-14(30-2)11-9-13/h8-11H,3-7,12H2,1-2H3,(H2,23,24,27,29). The van der Waals surface area contributed by atoms with Gasteiger partial charge in [-0.1, -0.05) is 18.2 Å². The number of thiophene rings is 1. The van der Waals surface area contributed by atoms with Crippen molar-refractivity contribution in [3.63, 3.8) is 0 Å². The molecule has 1 aliphatic rings. The smallest absolute Gasteiger partial charge is 0.321 e. The first-order valence-corrected chi connectivity index (χ1v) is 12.2. The lowest BCUT2D eigenvalue weighted by molar-refractivity contribution is -0.117. The number of aryl methyl sites for hydroxylation is 2. The summed E-state index contributed by atoms with van der Waals surface area (Å²) in [5.41, 5.74) is 1.64. The third-order valence-electron chi connectivity index (χ3n) is 5.35. The van der Waals surface area contributed by atoms with Crippen LogP contribution in [0.5, 0.6) is 5.75 Å². The van der Waals surface area contributed by atoms with Crippen LogP contribution in [-0.2, 0) is 17.6 Å². The number of methoxy groups -OCH3 is 1.